The zero-order valence-corrected chi connectivity index (χ0v) is 20.7. The maximum atomic E-state index is 13.8. The van der Waals surface area contributed by atoms with Crippen LogP contribution in [0.3, 0.4) is 0 Å². The predicted octanol–water partition coefficient (Wildman–Crippen LogP) is 5.20. The molecule has 1 aromatic carbocycles. The van der Waals surface area contributed by atoms with Gasteiger partial charge in [-0.1, -0.05) is 19.1 Å². The van der Waals surface area contributed by atoms with Gasteiger partial charge in [0.05, 0.1) is 30.4 Å². The summed E-state index contributed by atoms with van der Waals surface area (Å²) in [5, 5.41) is 4.24. The molecule has 1 atom stereocenters. The molecule has 0 bridgehead atoms. The molecular formula is C26H30N4O3S. The summed E-state index contributed by atoms with van der Waals surface area (Å²) in [4.78, 5) is 31.9. The molecule has 34 heavy (non-hydrogen) atoms. The summed E-state index contributed by atoms with van der Waals surface area (Å²) in [5.41, 5.74) is 4.58. The fraction of sp³-hybridized carbons (Fsp3) is 0.385. The first kappa shape index (κ1) is 22.7. The molecule has 2 amide bonds. The van der Waals surface area contributed by atoms with Crippen molar-refractivity contribution in [1.29, 1.82) is 0 Å². The van der Waals surface area contributed by atoms with Crippen molar-refractivity contribution in [3.8, 4) is 5.00 Å². The highest BCUT2D eigenvalue weighted by Gasteiger charge is 2.35. The molecule has 1 N–H and O–H groups in total. The minimum Gasteiger partial charge on any atom is -0.462 e. The van der Waals surface area contributed by atoms with E-state index in [2.05, 4.69) is 47.1 Å². The van der Waals surface area contributed by atoms with E-state index in [9.17, 15) is 9.59 Å². The van der Waals surface area contributed by atoms with Crippen molar-refractivity contribution in [3.05, 3.63) is 69.9 Å². The molecule has 8 heteroatoms. The van der Waals surface area contributed by atoms with Crippen molar-refractivity contribution in [3.63, 3.8) is 0 Å². The number of carbonyl (C=O) groups is 2. The summed E-state index contributed by atoms with van der Waals surface area (Å²) in [5.74, 6) is -0.437. The Bertz CT molecular complexity index is 1230. The van der Waals surface area contributed by atoms with E-state index in [0.29, 0.717) is 17.8 Å². The van der Waals surface area contributed by atoms with Gasteiger partial charge in [-0.25, -0.2) is 9.59 Å². The molecule has 0 radical (unpaired) electrons. The number of anilines is 1. The highest BCUT2D eigenvalue weighted by Crippen LogP contribution is 2.42. The molecule has 3 aromatic rings. The Kier molecular flexibility index (Phi) is 6.18. The van der Waals surface area contributed by atoms with Crippen molar-refractivity contribution in [1.82, 2.24) is 14.4 Å². The summed E-state index contributed by atoms with van der Waals surface area (Å²) in [6.07, 6.45) is 3.89. The third kappa shape index (κ3) is 3.91. The molecule has 0 fully saturated rings. The number of benzene rings is 1. The van der Waals surface area contributed by atoms with Crippen molar-refractivity contribution < 1.29 is 14.3 Å². The number of hydrogen-bond donors (Lipinski definition) is 1. The SMILES string of the molecule is CCOC(=O)c1ccccc1NC(=O)N1Cc2c(sc3c2CCN(C)C3)-n2cccc2[C@H]1CC. The highest BCUT2D eigenvalue weighted by atomic mass is 32.1. The normalized spacial score (nSPS) is 17.4. The lowest BCUT2D eigenvalue weighted by atomic mass is 10.0. The fourth-order valence-corrected chi connectivity index (χ4v) is 6.48. The van der Waals surface area contributed by atoms with Gasteiger partial charge in [0.15, 0.2) is 0 Å². The lowest BCUT2D eigenvalue weighted by Gasteiger charge is -2.31. The van der Waals surface area contributed by atoms with Gasteiger partial charge in [-0.15, -0.1) is 11.3 Å². The fourth-order valence-electron chi connectivity index (χ4n) is 5.04. The molecule has 0 aliphatic carbocycles. The summed E-state index contributed by atoms with van der Waals surface area (Å²) >= 11 is 1.85. The quantitative estimate of drug-likeness (QED) is 0.523. The maximum absolute atomic E-state index is 13.8. The predicted molar refractivity (Wildman–Crippen MR) is 134 cm³/mol. The van der Waals surface area contributed by atoms with E-state index >= 15 is 0 Å². The molecule has 0 spiro atoms. The van der Waals surface area contributed by atoms with E-state index in [4.69, 9.17) is 4.74 Å². The van der Waals surface area contributed by atoms with Gasteiger partial charge in [-0.2, -0.15) is 0 Å². The Morgan fingerprint density at radius 2 is 1.94 bits per heavy atom. The van der Waals surface area contributed by atoms with E-state index in [0.717, 1.165) is 31.6 Å². The van der Waals surface area contributed by atoms with Gasteiger partial charge in [0.1, 0.15) is 5.00 Å². The van der Waals surface area contributed by atoms with Crippen LogP contribution in [0.15, 0.2) is 42.6 Å². The average molecular weight is 479 g/mol. The summed E-state index contributed by atoms with van der Waals surface area (Å²) in [6.45, 7) is 6.67. The third-order valence-corrected chi connectivity index (χ3v) is 7.95. The molecule has 2 aromatic heterocycles. The number of amides is 2. The Morgan fingerprint density at radius 1 is 1.12 bits per heavy atom. The zero-order chi connectivity index (χ0) is 23.8. The van der Waals surface area contributed by atoms with E-state index in [1.807, 2.05) is 22.3 Å². The van der Waals surface area contributed by atoms with Crippen LogP contribution in [0.25, 0.3) is 5.00 Å². The van der Waals surface area contributed by atoms with Crippen molar-refractivity contribution in [2.24, 2.45) is 0 Å². The van der Waals surface area contributed by atoms with Crippen LogP contribution in [0.4, 0.5) is 10.5 Å². The van der Waals surface area contributed by atoms with Crippen LogP contribution in [-0.4, -0.2) is 46.6 Å². The first-order valence-corrected chi connectivity index (χ1v) is 12.7. The van der Waals surface area contributed by atoms with E-state index < -0.39 is 5.97 Å². The minimum absolute atomic E-state index is 0.0775. The molecule has 2 aliphatic heterocycles. The molecule has 2 aliphatic rings. The lowest BCUT2D eigenvalue weighted by molar-refractivity contribution is 0.0527. The van der Waals surface area contributed by atoms with Crippen molar-refractivity contribution >= 4 is 29.0 Å². The van der Waals surface area contributed by atoms with Crippen molar-refractivity contribution in [2.75, 3.05) is 25.5 Å². The van der Waals surface area contributed by atoms with E-state index in [1.54, 1.807) is 25.1 Å². The number of thiophene rings is 1. The van der Waals surface area contributed by atoms with Gasteiger partial charge in [0.2, 0.25) is 0 Å². The van der Waals surface area contributed by atoms with Crippen molar-refractivity contribution in [2.45, 2.75) is 45.8 Å². The number of likely N-dealkylation sites (N-methyl/N-ethyl adjacent to an activating group) is 1. The second-order valence-corrected chi connectivity index (χ2v) is 9.91. The number of rotatable bonds is 4. The van der Waals surface area contributed by atoms with Gasteiger partial charge < -0.3 is 24.4 Å². The standard InChI is InChI=1S/C26H30N4O3S/c1-4-21-22-11-8-13-29(22)24-19(17-12-14-28(3)16-23(17)34-24)15-30(21)26(32)27-20-10-7-6-9-18(20)25(31)33-5-2/h6-11,13,21H,4-5,12,14-16H2,1-3H3,(H,27,32)/t21-/m1/s1. The van der Waals surface area contributed by atoms with Crippen LogP contribution in [-0.2, 0) is 24.2 Å². The Morgan fingerprint density at radius 3 is 2.74 bits per heavy atom. The Balaban J connectivity index is 1.53. The number of para-hydroxylation sites is 1. The minimum atomic E-state index is -0.437. The van der Waals surface area contributed by atoms with E-state index in [-0.39, 0.29) is 18.7 Å². The van der Waals surface area contributed by atoms with Crippen LogP contribution in [0.5, 0.6) is 0 Å². The van der Waals surface area contributed by atoms with E-state index in [1.165, 1.54) is 21.0 Å². The van der Waals surface area contributed by atoms with Crippen LogP contribution >= 0.6 is 11.3 Å². The van der Waals surface area contributed by atoms with Gasteiger partial charge >= 0.3 is 12.0 Å². The second-order valence-electron chi connectivity index (χ2n) is 8.83. The monoisotopic (exact) mass is 478 g/mol. The number of nitrogens with one attached hydrogen (secondary N) is 1. The molecule has 0 unspecified atom stereocenters. The molecule has 0 saturated heterocycles. The third-order valence-electron chi connectivity index (χ3n) is 6.69. The second kappa shape index (κ2) is 9.27. The summed E-state index contributed by atoms with van der Waals surface area (Å²) in [7, 11) is 2.16. The van der Waals surface area contributed by atoms with Gasteiger partial charge in [-0.3, -0.25) is 0 Å². The number of aromatic nitrogens is 1. The van der Waals surface area contributed by atoms with Crippen LogP contribution in [0.2, 0.25) is 0 Å². The number of carbonyl (C=O) groups excluding carboxylic acids is 2. The number of nitrogens with zero attached hydrogens (tertiary/aromatic N) is 3. The molecule has 5 rings (SSSR count). The lowest BCUT2D eigenvalue weighted by Crippen LogP contribution is -2.38. The Labute approximate surface area is 203 Å². The van der Waals surface area contributed by atoms with Crippen LogP contribution < -0.4 is 5.32 Å². The summed E-state index contributed by atoms with van der Waals surface area (Å²) in [6, 6.07) is 10.9. The molecule has 7 nitrogen and oxygen atoms in total. The van der Waals surface area contributed by atoms with Gasteiger partial charge in [0.25, 0.3) is 0 Å². The maximum Gasteiger partial charge on any atom is 0.340 e. The average Bonchev–Trinajstić information content (AvgIpc) is 3.41. The number of urea groups is 1. The topological polar surface area (TPSA) is 66.8 Å². The molecule has 0 saturated carbocycles. The first-order valence-electron chi connectivity index (χ1n) is 11.8. The number of esters is 1. The number of hydrogen-bond acceptors (Lipinski definition) is 5. The number of ether oxygens (including phenoxy) is 1. The van der Waals surface area contributed by atoms with Crippen LogP contribution in [0.1, 0.15) is 58.4 Å². The highest BCUT2D eigenvalue weighted by molar-refractivity contribution is 7.15. The summed E-state index contributed by atoms with van der Waals surface area (Å²) < 4.78 is 7.46. The largest absolute Gasteiger partial charge is 0.462 e. The van der Waals surface area contributed by atoms with Crippen LogP contribution in [0, 0.1) is 0 Å². The number of fused-ring (bicyclic) bond motifs is 5. The smallest absolute Gasteiger partial charge is 0.340 e. The molecular weight excluding hydrogens is 448 g/mol. The Hall–Kier alpha value is -3.10. The zero-order valence-electron chi connectivity index (χ0n) is 19.8. The van der Waals surface area contributed by atoms with Gasteiger partial charge in [-0.05, 0) is 56.6 Å². The first-order chi connectivity index (χ1) is 16.5. The molecule has 4 heterocycles. The molecule has 178 valence electrons. The van der Waals surface area contributed by atoms with Gasteiger partial charge in [0, 0.05) is 35.4 Å².